The van der Waals surface area contributed by atoms with E-state index in [4.69, 9.17) is 4.74 Å². The molecular formula is C13H23NOS. The molecule has 0 aromatic carbocycles. The lowest BCUT2D eigenvalue weighted by atomic mass is 9.80. The summed E-state index contributed by atoms with van der Waals surface area (Å²) in [5.74, 6) is 3.24. The van der Waals surface area contributed by atoms with Crippen LogP contribution in [-0.4, -0.2) is 36.8 Å². The van der Waals surface area contributed by atoms with Crippen molar-refractivity contribution in [2.75, 3.05) is 25.2 Å². The lowest BCUT2D eigenvalue weighted by Gasteiger charge is -2.40. The van der Waals surface area contributed by atoms with E-state index in [1.54, 1.807) is 0 Å². The number of rotatable bonds is 4. The molecule has 0 radical (unpaired) electrons. The summed E-state index contributed by atoms with van der Waals surface area (Å²) in [6.07, 6.45) is 6.79. The summed E-state index contributed by atoms with van der Waals surface area (Å²) in [6.45, 7) is 4.80. The average Bonchev–Trinajstić information content (AvgIpc) is 2.74. The zero-order valence-electron chi connectivity index (χ0n) is 10.2. The molecule has 92 valence electrons. The number of hydrogen-bond acceptors (Lipinski definition) is 3. The second kappa shape index (κ2) is 5.56. The van der Waals surface area contributed by atoms with Gasteiger partial charge >= 0.3 is 0 Å². The van der Waals surface area contributed by atoms with Crippen LogP contribution in [0.4, 0.5) is 0 Å². The molecule has 1 N–H and O–H groups in total. The van der Waals surface area contributed by atoms with Crippen molar-refractivity contribution in [1.29, 1.82) is 0 Å². The Balaban J connectivity index is 1.97. The lowest BCUT2D eigenvalue weighted by Crippen LogP contribution is -2.46. The van der Waals surface area contributed by atoms with Crippen molar-refractivity contribution >= 4 is 11.8 Å². The van der Waals surface area contributed by atoms with Crippen molar-refractivity contribution < 1.29 is 4.74 Å². The first kappa shape index (κ1) is 12.5. The molecule has 2 heterocycles. The van der Waals surface area contributed by atoms with Crippen LogP contribution in [0.25, 0.3) is 0 Å². The van der Waals surface area contributed by atoms with E-state index in [0.29, 0.717) is 6.04 Å². The van der Waals surface area contributed by atoms with Crippen LogP contribution < -0.4 is 5.32 Å². The summed E-state index contributed by atoms with van der Waals surface area (Å²) in [7, 11) is 2.07. The van der Waals surface area contributed by atoms with Gasteiger partial charge in [0, 0.05) is 18.4 Å². The maximum Gasteiger partial charge on any atom is 0.0783 e. The molecule has 2 aliphatic rings. The molecule has 1 spiro atoms. The molecule has 2 aliphatic heterocycles. The predicted octanol–water partition coefficient (Wildman–Crippen LogP) is 2.45. The minimum atomic E-state index is 0.212. The van der Waals surface area contributed by atoms with Crippen LogP contribution in [-0.2, 0) is 4.74 Å². The Bertz CT molecular complexity index is 238. The SMILES string of the molecule is C=CCC(NC)C1CCOC2(CCSC2)C1. The molecule has 0 aromatic rings. The number of nitrogens with one attached hydrogen (secondary N) is 1. The predicted molar refractivity (Wildman–Crippen MR) is 71.0 cm³/mol. The minimum Gasteiger partial charge on any atom is -0.374 e. The standard InChI is InChI=1S/C13H23NOS/c1-3-4-12(14-2)11-5-7-15-13(9-11)6-8-16-10-13/h3,11-12,14H,1,4-10H2,2H3. The monoisotopic (exact) mass is 241 g/mol. The van der Waals surface area contributed by atoms with E-state index in [2.05, 4.69) is 18.9 Å². The summed E-state index contributed by atoms with van der Waals surface area (Å²) < 4.78 is 6.06. The first-order valence-electron chi connectivity index (χ1n) is 6.29. The maximum absolute atomic E-state index is 6.06. The third-order valence-electron chi connectivity index (χ3n) is 3.96. The Morgan fingerprint density at radius 2 is 2.56 bits per heavy atom. The molecule has 2 nitrogen and oxygen atoms in total. The highest BCUT2D eigenvalue weighted by molar-refractivity contribution is 7.99. The first-order valence-corrected chi connectivity index (χ1v) is 7.45. The molecule has 3 atom stereocenters. The van der Waals surface area contributed by atoms with Crippen LogP contribution >= 0.6 is 11.8 Å². The van der Waals surface area contributed by atoms with Crippen molar-refractivity contribution in [3.63, 3.8) is 0 Å². The van der Waals surface area contributed by atoms with Crippen LogP contribution in [0.3, 0.4) is 0 Å². The topological polar surface area (TPSA) is 21.3 Å². The van der Waals surface area contributed by atoms with E-state index in [9.17, 15) is 0 Å². The Hall–Kier alpha value is 0.0100. The van der Waals surface area contributed by atoms with Gasteiger partial charge in [-0.2, -0.15) is 11.8 Å². The fourth-order valence-corrected chi connectivity index (χ4v) is 4.38. The Kier molecular flexibility index (Phi) is 4.34. The van der Waals surface area contributed by atoms with Gasteiger partial charge in [0.15, 0.2) is 0 Å². The highest BCUT2D eigenvalue weighted by atomic mass is 32.2. The zero-order chi connectivity index (χ0) is 11.4. The van der Waals surface area contributed by atoms with E-state index >= 15 is 0 Å². The highest BCUT2D eigenvalue weighted by Gasteiger charge is 2.41. The normalized spacial score (nSPS) is 36.4. The summed E-state index contributed by atoms with van der Waals surface area (Å²) >= 11 is 2.05. The van der Waals surface area contributed by atoms with Crippen LogP contribution in [0.15, 0.2) is 12.7 Å². The second-order valence-electron chi connectivity index (χ2n) is 5.01. The third kappa shape index (κ3) is 2.63. The molecule has 3 unspecified atom stereocenters. The van der Waals surface area contributed by atoms with Gasteiger partial charge in [-0.1, -0.05) is 6.08 Å². The largest absolute Gasteiger partial charge is 0.374 e. The molecule has 2 saturated heterocycles. The van der Waals surface area contributed by atoms with Gasteiger partial charge in [0.05, 0.1) is 5.60 Å². The van der Waals surface area contributed by atoms with Crippen LogP contribution in [0.5, 0.6) is 0 Å². The molecule has 0 aromatic heterocycles. The van der Waals surface area contributed by atoms with E-state index < -0.39 is 0 Å². The van der Waals surface area contributed by atoms with Gasteiger partial charge in [0.2, 0.25) is 0 Å². The minimum absolute atomic E-state index is 0.212. The summed E-state index contributed by atoms with van der Waals surface area (Å²) in [5, 5.41) is 3.45. The molecule has 0 bridgehead atoms. The fourth-order valence-electron chi connectivity index (χ4n) is 3.00. The van der Waals surface area contributed by atoms with Crippen LogP contribution in [0.1, 0.15) is 25.7 Å². The Morgan fingerprint density at radius 3 is 3.19 bits per heavy atom. The molecule has 16 heavy (non-hydrogen) atoms. The van der Waals surface area contributed by atoms with Crippen molar-refractivity contribution in [3.05, 3.63) is 12.7 Å². The van der Waals surface area contributed by atoms with Crippen molar-refractivity contribution in [2.45, 2.75) is 37.3 Å². The van der Waals surface area contributed by atoms with Crippen molar-refractivity contribution in [1.82, 2.24) is 5.32 Å². The third-order valence-corrected chi connectivity index (χ3v) is 5.18. The number of ether oxygens (including phenoxy) is 1. The van der Waals surface area contributed by atoms with E-state index in [0.717, 1.165) is 18.9 Å². The molecule has 0 aliphatic carbocycles. The molecular weight excluding hydrogens is 218 g/mol. The van der Waals surface area contributed by atoms with Gasteiger partial charge in [-0.15, -0.1) is 6.58 Å². The Labute approximate surface area is 103 Å². The molecule has 0 amide bonds. The lowest BCUT2D eigenvalue weighted by molar-refractivity contribution is -0.0845. The fraction of sp³-hybridized carbons (Fsp3) is 0.846. The van der Waals surface area contributed by atoms with Gasteiger partial charge in [0.1, 0.15) is 0 Å². The van der Waals surface area contributed by atoms with Gasteiger partial charge in [0.25, 0.3) is 0 Å². The van der Waals surface area contributed by atoms with Crippen molar-refractivity contribution in [2.24, 2.45) is 5.92 Å². The smallest absolute Gasteiger partial charge is 0.0783 e. The highest BCUT2D eigenvalue weighted by Crippen LogP contribution is 2.41. The summed E-state index contributed by atoms with van der Waals surface area (Å²) in [4.78, 5) is 0. The maximum atomic E-state index is 6.06. The van der Waals surface area contributed by atoms with Crippen molar-refractivity contribution in [3.8, 4) is 0 Å². The molecule has 2 fully saturated rings. The Morgan fingerprint density at radius 1 is 1.69 bits per heavy atom. The van der Waals surface area contributed by atoms with Crippen LogP contribution in [0.2, 0.25) is 0 Å². The van der Waals surface area contributed by atoms with Gasteiger partial charge in [-0.25, -0.2) is 0 Å². The summed E-state index contributed by atoms with van der Waals surface area (Å²) in [5.41, 5.74) is 0.212. The summed E-state index contributed by atoms with van der Waals surface area (Å²) in [6, 6.07) is 0.587. The number of thioether (sulfide) groups is 1. The zero-order valence-corrected chi connectivity index (χ0v) is 11.0. The van der Waals surface area contributed by atoms with E-state index in [1.165, 1.54) is 30.8 Å². The van der Waals surface area contributed by atoms with E-state index in [-0.39, 0.29) is 5.60 Å². The van der Waals surface area contributed by atoms with E-state index in [1.807, 2.05) is 17.8 Å². The second-order valence-corrected chi connectivity index (χ2v) is 6.11. The number of hydrogen-bond donors (Lipinski definition) is 1. The van der Waals surface area contributed by atoms with Crippen LogP contribution in [0, 0.1) is 5.92 Å². The average molecular weight is 241 g/mol. The van der Waals surface area contributed by atoms with Gasteiger partial charge in [-0.05, 0) is 44.4 Å². The quantitative estimate of drug-likeness (QED) is 0.764. The van der Waals surface area contributed by atoms with Gasteiger partial charge < -0.3 is 10.1 Å². The molecule has 3 heteroatoms. The van der Waals surface area contributed by atoms with Gasteiger partial charge in [-0.3, -0.25) is 0 Å². The molecule has 2 rings (SSSR count). The first-order chi connectivity index (χ1) is 7.79. The molecule has 0 saturated carbocycles.